The minimum atomic E-state index is -0.675. The molecule has 1 atom stereocenters. The Labute approximate surface area is 117 Å². The van der Waals surface area contributed by atoms with Crippen molar-refractivity contribution in [2.24, 2.45) is 10.9 Å². The van der Waals surface area contributed by atoms with Crippen molar-refractivity contribution in [2.45, 2.75) is 31.8 Å². The molecule has 0 amide bonds. The van der Waals surface area contributed by atoms with Crippen LogP contribution in [-0.4, -0.2) is 34.8 Å². The summed E-state index contributed by atoms with van der Waals surface area (Å²) in [5.74, 6) is -0.548. The van der Waals surface area contributed by atoms with E-state index in [-0.39, 0.29) is 5.84 Å². The third-order valence-electron chi connectivity index (χ3n) is 3.75. The summed E-state index contributed by atoms with van der Waals surface area (Å²) in [5, 5.41) is 21.9. The summed E-state index contributed by atoms with van der Waals surface area (Å²) in [6.07, 6.45) is 2.18. The van der Waals surface area contributed by atoms with Gasteiger partial charge >= 0.3 is 0 Å². The molecule has 0 aliphatic carbocycles. The zero-order valence-electron chi connectivity index (χ0n) is 11.5. The molecular weight excluding hydrogens is 261 g/mol. The van der Waals surface area contributed by atoms with Crippen LogP contribution in [0.25, 0.3) is 0 Å². The lowest BCUT2D eigenvalue weighted by Gasteiger charge is -2.26. The average Bonchev–Trinajstić information content (AvgIpc) is 2.59. The Morgan fingerprint density at radius 2 is 2.15 bits per heavy atom. The van der Waals surface area contributed by atoms with Gasteiger partial charge in [-0.2, -0.15) is 0 Å². The highest BCUT2D eigenvalue weighted by atomic mass is 19.1. The lowest BCUT2D eigenvalue weighted by Crippen LogP contribution is -2.30. The van der Waals surface area contributed by atoms with Gasteiger partial charge < -0.3 is 20.9 Å². The van der Waals surface area contributed by atoms with Gasteiger partial charge in [-0.05, 0) is 44.4 Å². The van der Waals surface area contributed by atoms with E-state index in [0.29, 0.717) is 18.5 Å². The summed E-state index contributed by atoms with van der Waals surface area (Å²) in [4.78, 5) is 2.04. The Balaban J connectivity index is 2.32. The largest absolute Gasteiger partial charge is 0.409 e. The van der Waals surface area contributed by atoms with Gasteiger partial charge in [-0.15, -0.1) is 0 Å². The van der Waals surface area contributed by atoms with Gasteiger partial charge in [0.2, 0.25) is 0 Å². The standard InChI is InChI=1S/C14H20FN3O2/c1-14(19)5-2-7-18(8-6-14)12-4-3-10(15)9-11(12)13(16)17-20/h3-4,9,19-20H,2,5-8H2,1H3,(H2,16,17). The highest BCUT2D eigenvalue weighted by Crippen LogP contribution is 2.28. The van der Waals surface area contributed by atoms with Gasteiger partial charge in [0.1, 0.15) is 5.82 Å². The first kappa shape index (κ1) is 14.6. The molecule has 110 valence electrons. The lowest BCUT2D eigenvalue weighted by molar-refractivity contribution is 0.0481. The number of rotatable bonds is 2. The first-order chi connectivity index (χ1) is 9.43. The van der Waals surface area contributed by atoms with Gasteiger partial charge in [0, 0.05) is 24.3 Å². The van der Waals surface area contributed by atoms with Crippen LogP contribution in [0, 0.1) is 5.82 Å². The Hall–Kier alpha value is -1.82. The fourth-order valence-corrected chi connectivity index (χ4v) is 2.55. The second-order valence-corrected chi connectivity index (χ2v) is 5.48. The molecule has 1 aromatic rings. The summed E-state index contributed by atoms with van der Waals surface area (Å²) >= 11 is 0. The molecule has 20 heavy (non-hydrogen) atoms. The van der Waals surface area contributed by atoms with Crippen molar-refractivity contribution >= 4 is 11.5 Å². The number of hydrogen-bond acceptors (Lipinski definition) is 4. The van der Waals surface area contributed by atoms with Crippen molar-refractivity contribution in [3.8, 4) is 0 Å². The third kappa shape index (κ3) is 3.19. The first-order valence-electron chi connectivity index (χ1n) is 6.68. The van der Waals surface area contributed by atoms with E-state index >= 15 is 0 Å². The van der Waals surface area contributed by atoms with E-state index in [1.165, 1.54) is 12.1 Å². The van der Waals surface area contributed by atoms with Crippen LogP contribution < -0.4 is 10.6 Å². The van der Waals surface area contributed by atoms with Gasteiger partial charge in [0.15, 0.2) is 5.84 Å². The molecule has 1 fully saturated rings. The smallest absolute Gasteiger partial charge is 0.172 e. The third-order valence-corrected chi connectivity index (χ3v) is 3.75. The maximum atomic E-state index is 13.4. The van der Waals surface area contributed by atoms with Crippen LogP contribution >= 0.6 is 0 Å². The van der Waals surface area contributed by atoms with Crippen molar-refractivity contribution < 1.29 is 14.7 Å². The fraction of sp³-hybridized carbons (Fsp3) is 0.500. The van der Waals surface area contributed by atoms with Crippen molar-refractivity contribution in [3.05, 3.63) is 29.6 Å². The van der Waals surface area contributed by atoms with Crippen LogP contribution in [-0.2, 0) is 0 Å². The molecule has 1 heterocycles. The van der Waals surface area contributed by atoms with E-state index in [9.17, 15) is 9.50 Å². The molecule has 0 aromatic heterocycles. The highest BCUT2D eigenvalue weighted by molar-refractivity contribution is 6.02. The molecule has 0 saturated carbocycles. The van der Waals surface area contributed by atoms with Crippen molar-refractivity contribution in [1.82, 2.24) is 0 Å². The Bertz CT molecular complexity index is 517. The molecule has 1 saturated heterocycles. The molecule has 1 aromatic carbocycles. The Kier molecular flexibility index (Phi) is 4.13. The van der Waals surface area contributed by atoms with E-state index in [0.717, 1.165) is 25.1 Å². The maximum Gasteiger partial charge on any atom is 0.172 e. The summed E-state index contributed by atoms with van der Waals surface area (Å²) in [7, 11) is 0. The minimum absolute atomic E-state index is 0.115. The van der Waals surface area contributed by atoms with E-state index in [1.54, 1.807) is 6.07 Å². The number of hydrogen-bond donors (Lipinski definition) is 3. The van der Waals surface area contributed by atoms with E-state index < -0.39 is 11.4 Å². The Morgan fingerprint density at radius 3 is 2.85 bits per heavy atom. The predicted molar refractivity (Wildman–Crippen MR) is 75.6 cm³/mol. The second kappa shape index (κ2) is 5.66. The highest BCUT2D eigenvalue weighted by Gasteiger charge is 2.26. The molecule has 0 spiro atoms. The zero-order valence-corrected chi connectivity index (χ0v) is 11.5. The van der Waals surface area contributed by atoms with E-state index in [1.807, 2.05) is 11.8 Å². The molecule has 0 bridgehead atoms. The van der Waals surface area contributed by atoms with Crippen LogP contribution in [0.4, 0.5) is 10.1 Å². The maximum absolute atomic E-state index is 13.4. The minimum Gasteiger partial charge on any atom is -0.409 e. The van der Waals surface area contributed by atoms with E-state index in [4.69, 9.17) is 10.9 Å². The monoisotopic (exact) mass is 281 g/mol. The molecule has 1 aliphatic heterocycles. The van der Waals surface area contributed by atoms with Crippen LogP contribution in [0.5, 0.6) is 0 Å². The number of anilines is 1. The van der Waals surface area contributed by atoms with Gasteiger partial charge in [-0.3, -0.25) is 0 Å². The molecule has 1 unspecified atom stereocenters. The Morgan fingerprint density at radius 1 is 1.40 bits per heavy atom. The molecule has 5 nitrogen and oxygen atoms in total. The van der Waals surface area contributed by atoms with Crippen molar-refractivity contribution in [2.75, 3.05) is 18.0 Å². The van der Waals surface area contributed by atoms with E-state index in [2.05, 4.69) is 5.16 Å². The van der Waals surface area contributed by atoms with Gasteiger partial charge in [-0.1, -0.05) is 5.16 Å². The molecule has 2 rings (SSSR count). The summed E-state index contributed by atoms with van der Waals surface area (Å²) in [6.45, 7) is 3.21. The number of amidine groups is 1. The summed E-state index contributed by atoms with van der Waals surface area (Å²) in [5.41, 5.74) is 6.04. The van der Waals surface area contributed by atoms with Gasteiger partial charge in [-0.25, -0.2) is 4.39 Å². The zero-order chi connectivity index (χ0) is 14.8. The molecule has 1 aliphatic rings. The van der Waals surface area contributed by atoms with Gasteiger partial charge in [0.25, 0.3) is 0 Å². The number of halogens is 1. The number of nitrogens with two attached hydrogens (primary N) is 1. The number of aliphatic hydroxyl groups is 1. The van der Waals surface area contributed by atoms with Crippen molar-refractivity contribution in [1.29, 1.82) is 0 Å². The number of benzene rings is 1. The quantitative estimate of drug-likeness (QED) is 0.333. The lowest BCUT2D eigenvalue weighted by atomic mass is 9.98. The first-order valence-corrected chi connectivity index (χ1v) is 6.68. The molecule has 4 N–H and O–H groups in total. The van der Waals surface area contributed by atoms with Crippen LogP contribution in [0.1, 0.15) is 31.7 Å². The van der Waals surface area contributed by atoms with Crippen molar-refractivity contribution in [3.63, 3.8) is 0 Å². The predicted octanol–water partition coefficient (Wildman–Crippen LogP) is 1.66. The van der Waals surface area contributed by atoms with Crippen LogP contribution in [0.15, 0.2) is 23.4 Å². The summed E-state index contributed by atoms with van der Waals surface area (Å²) < 4.78 is 13.4. The van der Waals surface area contributed by atoms with Crippen LogP contribution in [0.3, 0.4) is 0 Å². The molecule has 0 radical (unpaired) electrons. The summed E-state index contributed by atoms with van der Waals surface area (Å²) in [6, 6.07) is 4.24. The molecular formula is C14H20FN3O2. The normalized spacial score (nSPS) is 24.6. The molecule has 6 heteroatoms. The topological polar surface area (TPSA) is 82.1 Å². The SMILES string of the molecule is CC1(O)CCCN(c2ccc(F)cc2/C(N)=N/O)CC1. The second-order valence-electron chi connectivity index (χ2n) is 5.48. The van der Waals surface area contributed by atoms with Gasteiger partial charge in [0.05, 0.1) is 5.60 Å². The number of nitrogens with zero attached hydrogens (tertiary/aromatic N) is 2. The van der Waals surface area contributed by atoms with Crippen LogP contribution in [0.2, 0.25) is 0 Å². The number of oxime groups is 1. The fourth-order valence-electron chi connectivity index (χ4n) is 2.55. The average molecular weight is 281 g/mol.